The van der Waals surface area contributed by atoms with Gasteiger partial charge >= 0.3 is 0 Å². The molecule has 0 radical (unpaired) electrons. The first-order valence-corrected chi connectivity index (χ1v) is 11.3. The molecule has 0 fully saturated rings. The molecule has 0 spiro atoms. The number of para-hydroxylation sites is 1. The summed E-state index contributed by atoms with van der Waals surface area (Å²) < 4.78 is 18.0. The van der Waals surface area contributed by atoms with Gasteiger partial charge in [0.15, 0.2) is 11.5 Å². The second-order valence-electron chi connectivity index (χ2n) is 7.74. The Morgan fingerprint density at radius 1 is 1.00 bits per heavy atom. The molecule has 2 aliphatic rings. The summed E-state index contributed by atoms with van der Waals surface area (Å²) in [6.45, 7) is 5.18. The van der Waals surface area contributed by atoms with Crippen LogP contribution in [0.1, 0.15) is 49.2 Å². The van der Waals surface area contributed by atoms with Crippen LogP contribution in [0, 0.1) is 0 Å². The quantitative estimate of drug-likeness (QED) is 0.439. The zero-order chi connectivity index (χ0) is 22.1. The van der Waals surface area contributed by atoms with E-state index in [1.165, 1.54) is 0 Å². The summed E-state index contributed by atoms with van der Waals surface area (Å²) in [5, 5.41) is 7.74. The van der Waals surface area contributed by atoms with E-state index in [0.29, 0.717) is 18.2 Å². The van der Waals surface area contributed by atoms with E-state index >= 15 is 0 Å². The van der Waals surface area contributed by atoms with E-state index in [2.05, 4.69) is 23.2 Å². The lowest BCUT2D eigenvalue weighted by atomic mass is 9.95. The van der Waals surface area contributed by atoms with Gasteiger partial charge in [0.2, 0.25) is 6.23 Å². The molecule has 6 heteroatoms. The Balaban J connectivity index is 1.56. The first-order chi connectivity index (χ1) is 15.7. The summed E-state index contributed by atoms with van der Waals surface area (Å²) >= 11 is 6.31. The van der Waals surface area contributed by atoms with Crippen LogP contribution in [0.2, 0.25) is 5.02 Å². The molecule has 0 unspecified atom stereocenters. The summed E-state index contributed by atoms with van der Waals surface area (Å²) in [4.78, 5) is 0. The molecule has 0 bridgehead atoms. The number of hydrogen-bond donors (Lipinski definition) is 0. The minimum atomic E-state index is -0.395. The third-order valence-electron chi connectivity index (χ3n) is 5.71. The largest absolute Gasteiger partial charge is 0.494 e. The van der Waals surface area contributed by atoms with Crippen molar-refractivity contribution in [1.82, 2.24) is 5.01 Å². The second kappa shape index (κ2) is 8.75. The molecule has 5 nitrogen and oxygen atoms in total. The zero-order valence-electron chi connectivity index (χ0n) is 18.1. The summed E-state index contributed by atoms with van der Waals surface area (Å²) in [6.07, 6.45) is 0.379. The molecule has 0 amide bonds. The Bertz CT molecular complexity index is 1150. The molecular formula is C26H25ClN2O3. The molecule has 0 saturated heterocycles. The summed E-state index contributed by atoms with van der Waals surface area (Å²) in [5.41, 5.74) is 4.13. The second-order valence-corrected chi connectivity index (χ2v) is 8.17. The van der Waals surface area contributed by atoms with Gasteiger partial charge in [-0.15, -0.1) is 0 Å². The average Bonchev–Trinajstić information content (AvgIpc) is 3.25. The van der Waals surface area contributed by atoms with Gasteiger partial charge < -0.3 is 14.2 Å². The van der Waals surface area contributed by atoms with Crippen LogP contribution in [0.5, 0.6) is 17.2 Å². The molecule has 0 aliphatic carbocycles. The number of fused-ring (bicyclic) bond motifs is 3. The van der Waals surface area contributed by atoms with Gasteiger partial charge in [0, 0.05) is 22.6 Å². The minimum absolute atomic E-state index is 0.0460. The van der Waals surface area contributed by atoms with E-state index in [1.807, 2.05) is 62.4 Å². The van der Waals surface area contributed by atoms with Crippen LogP contribution in [0.4, 0.5) is 0 Å². The van der Waals surface area contributed by atoms with Crippen molar-refractivity contribution in [2.75, 3.05) is 13.2 Å². The molecule has 3 aromatic rings. The monoisotopic (exact) mass is 448 g/mol. The number of nitrogens with zero attached hydrogens (tertiary/aromatic N) is 2. The lowest BCUT2D eigenvalue weighted by Crippen LogP contribution is -2.33. The van der Waals surface area contributed by atoms with E-state index in [4.69, 9.17) is 30.9 Å². The van der Waals surface area contributed by atoms with E-state index in [9.17, 15) is 0 Å². The van der Waals surface area contributed by atoms with Gasteiger partial charge in [-0.25, -0.2) is 5.01 Å². The number of hydrogen-bond acceptors (Lipinski definition) is 5. The van der Waals surface area contributed by atoms with Crippen LogP contribution in [0.3, 0.4) is 0 Å². The van der Waals surface area contributed by atoms with Crippen LogP contribution in [-0.2, 0) is 0 Å². The Kier molecular flexibility index (Phi) is 5.66. The van der Waals surface area contributed by atoms with Gasteiger partial charge in [-0.1, -0.05) is 35.9 Å². The lowest BCUT2D eigenvalue weighted by Gasteiger charge is -2.38. The highest BCUT2D eigenvalue weighted by Crippen LogP contribution is 2.50. The molecule has 2 heterocycles. The lowest BCUT2D eigenvalue weighted by molar-refractivity contribution is -0.0212. The summed E-state index contributed by atoms with van der Waals surface area (Å²) in [5.74, 6) is 2.40. The fourth-order valence-electron chi connectivity index (χ4n) is 4.32. The maximum atomic E-state index is 6.52. The molecular weight excluding hydrogens is 424 g/mol. The van der Waals surface area contributed by atoms with Crippen LogP contribution >= 0.6 is 11.6 Å². The van der Waals surface area contributed by atoms with E-state index in [1.54, 1.807) is 0 Å². The number of halogens is 1. The van der Waals surface area contributed by atoms with Crippen LogP contribution in [0.15, 0.2) is 71.8 Å². The highest BCUT2D eigenvalue weighted by Gasteiger charge is 2.42. The number of rotatable bonds is 6. The maximum absolute atomic E-state index is 6.52. The summed E-state index contributed by atoms with van der Waals surface area (Å²) in [7, 11) is 0. The standard InChI is InChI=1S/C26H25ClN2O3/c1-3-30-20-13-11-17(12-14-20)22-16-23-21-9-6-10-24(31-4-2)25(21)32-26(29(23)28-22)18-7-5-8-19(27)15-18/h5-15,23,26H,3-4,16H2,1-2H3/t23-,26+/m0/s1. The Morgan fingerprint density at radius 3 is 2.53 bits per heavy atom. The van der Waals surface area contributed by atoms with Crippen LogP contribution in [-0.4, -0.2) is 23.9 Å². The Hall–Kier alpha value is -3.18. The third-order valence-corrected chi connectivity index (χ3v) is 5.95. The van der Waals surface area contributed by atoms with Crippen molar-refractivity contribution in [2.45, 2.75) is 32.5 Å². The van der Waals surface area contributed by atoms with Crippen molar-refractivity contribution >= 4 is 17.3 Å². The fourth-order valence-corrected chi connectivity index (χ4v) is 4.52. The predicted molar refractivity (Wildman–Crippen MR) is 126 cm³/mol. The van der Waals surface area contributed by atoms with Crippen molar-refractivity contribution in [3.05, 3.63) is 88.4 Å². The molecule has 0 aromatic heterocycles. The first kappa shape index (κ1) is 20.7. The molecule has 3 aromatic carbocycles. The third kappa shape index (κ3) is 3.78. The molecule has 32 heavy (non-hydrogen) atoms. The van der Waals surface area contributed by atoms with Gasteiger partial charge in [-0.3, -0.25) is 0 Å². The van der Waals surface area contributed by atoms with Crippen molar-refractivity contribution in [3.8, 4) is 17.2 Å². The van der Waals surface area contributed by atoms with Crippen LogP contribution < -0.4 is 14.2 Å². The molecule has 0 saturated carbocycles. The summed E-state index contributed by atoms with van der Waals surface area (Å²) in [6, 6.07) is 22.0. The Morgan fingerprint density at radius 2 is 1.78 bits per heavy atom. The normalized spacial score (nSPS) is 19.0. The molecule has 164 valence electrons. The molecule has 2 atom stereocenters. The van der Waals surface area contributed by atoms with Gasteiger partial charge in [-0.05, 0) is 61.9 Å². The molecule has 2 aliphatic heterocycles. The fraction of sp³-hybridized carbons (Fsp3) is 0.269. The highest BCUT2D eigenvalue weighted by molar-refractivity contribution is 6.30. The highest BCUT2D eigenvalue weighted by atomic mass is 35.5. The molecule has 5 rings (SSSR count). The topological polar surface area (TPSA) is 43.3 Å². The van der Waals surface area contributed by atoms with Crippen molar-refractivity contribution in [2.24, 2.45) is 5.10 Å². The van der Waals surface area contributed by atoms with Crippen molar-refractivity contribution in [3.63, 3.8) is 0 Å². The van der Waals surface area contributed by atoms with Gasteiger partial charge in [-0.2, -0.15) is 5.10 Å². The average molecular weight is 449 g/mol. The SMILES string of the molecule is CCOc1ccc(C2=NN3[C@@H](c4cccc(Cl)c4)Oc4c(OCC)cccc4[C@@H]3C2)cc1. The van der Waals surface area contributed by atoms with E-state index in [0.717, 1.165) is 46.1 Å². The van der Waals surface area contributed by atoms with Gasteiger partial charge in [0.25, 0.3) is 0 Å². The van der Waals surface area contributed by atoms with Gasteiger partial charge in [0.05, 0.1) is 25.0 Å². The van der Waals surface area contributed by atoms with E-state index in [-0.39, 0.29) is 6.04 Å². The molecule has 0 N–H and O–H groups in total. The number of hydrazone groups is 1. The van der Waals surface area contributed by atoms with E-state index < -0.39 is 6.23 Å². The minimum Gasteiger partial charge on any atom is -0.494 e. The number of ether oxygens (including phenoxy) is 3. The maximum Gasteiger partial charge on any atom is 0.214 e. The predicted octanol–water partition coefficient (Wildman–Crippen LogP) is 6.38. The number of benzene rings is 3. The first-order valence-electron chi connectivity index (χ1n) is 10.9. The van der Waals surface area contributed by atoms with Gasteiger partial charge in [0.1, 0.15) is 5.75 Å². The zero-order valence-corrected chi connectivity index (χ0v) is 18.9. The van der Waals surface area contributed by atoms with Crippen LogP contribution in [0.25, 0.3) is 0 Å². The van der Waals surface area contributed by atoms with Crippen molar-refractivity contribution < 1.29 is 14.2 Å². The Labute approximate surface area is 193 Å². The van der Waals surface area contributed by atoms with Crippen molar-refractivity contribution in [1.29, 1.82) is 0 Å². The smallest absolute Gasteiger partial charge is 0.214 e.